The molecule has 1 unspecified atom stereocenters. The summed E-state index contributed by atoms with van der Waals surface area (Å²) in [5.74, 6) is 0.931. The van der Waals surface area contributed by atoms with Crippen molar-refractivity contribution in [2.45, 2.75) is 25.7 Å². The van der Waals surface area contributed by atoms with Crippen LogP contribution in [0.1, 0.15) is 42.4 Å². The second-order valence-corrected chi connectivity index (χ2v) is 5.92. The summed E-state index contributed by atoms with van der Waals surface area (Å²) in [5.41, 5.74) is 4.01. The van der Waals surface area contributed by atoms with Gasteiger partial charge in [0.1, 0.15) is 0 Å². The molecule has 0 aliphatic rings. The molecule has 0 saturated carbocycles. The van der Waals surface area contributed by atoms with Crippen molar-refractivity contribution in [3.63, 3.8) is 0 Å². The highest BCUT2D eigenvalue weighted by atomic mass is 35.5. The summed E-state index contributed by atoms with van der Waals surface area (Å²) in [4.78, 5) is 0. The van der Waals surface area contributed by atoms with Crippen molar-refractivity contribution in [2.24, 2.45) is 0 Å². The monoisotopic (exact) mass is 287 g/mol. The number of halogens is 1. The topological polar surface area (TPSA) is 12.0 Å². The molecule has 2 aromatic rings. The first-order valence-electron chi connectivity index (χ1n) is 7.11. The van der Waals surface area contributed by atoms with Gasteiger partial charge in [-0.25, -0.2) is 0 Å². The van der Waals surface area contributed by atoms with Crippen LogP contribution in [0.2, 0.25) is 5.02 Å². The standard InChI is InChI=1S/C18H22ClN/c1-13(2)14-4-6-15(7-5-14)18(12-20-3)16-8-10-17(19)11-9-16/h4-11,13,18,20H,12H2,1-3H3. The highest BCUT2D eigenvalue weighted by Crippen LogP contribution is 2.26. The van der Waals surface area contributed by atoms with Crippen molar-refractivity contribution < 1.29 is 0 Å². The van der Waals surface area contributed by atoms with E-state index in [9.17, 15) is 0 Å². The molecule has 0 bridgehead atoms. The molecule has 1 nitrogen and oxygen atoms in total. The summed E-state index contributed by atoms with van der Waals surface area (Å²) in [6.07, 6.45) is 0. The molecule has 0 spiro atoms. The Labute approximate surface area is 127 Å². The van der Waals surface area contributed by atoms with Crippen molar-refractivity contribution in [2.75, 3.05) is 13.6 Å². The maximum atomic E-state index is 5.98. The summed E-state index contributed by atoms with van der Waals surface area (Å²) in [6.45, 7) is 5.36. The molecule has 2 aromatic carbocycles. The Hall–Kier alpha value is -1.31. The summed E-state index contributed by atoms with van der Waals surface area (Å²) in [5, 5.41) is 4.07. The van der Waals surface area contributed by atoms with Crippen LogP contribution in [-0.4, -0.2) is 13.6 Å². The molecule has 20 heavy (non-hydrogen) atoms. The zero-order valence-corrected chi connectivity index (χ0v) is 13.1. The molecule has 0 aromatic heterocycles. The fourth-order valence-corrected chi connectivity index (χ4v) is 2.57. The van der Waals surface area contributed by atoms with Gasteiger partial charge in [0.25, 0.3) is 0 Å². The molecule has 0 saturated heterocycles. The van der Waals surface area contributed by atoms with Crippen molar-refractivity contribution in [3.8, 4) is 0 Å². The van der Waals surface area contributed by atoms with Crippen LogP contribution >= 0.6 is 11.6 Å². The van der Waals surface area contributed by atoms with Gasteiger partial charge in [0.15, 0.2) is 0 Å². The predicted octanol–water partition coefficient (Wildman–Crippen LogP) is 4.81. The molecular weight excluding hydrogens is 266 g/mol. The van der Waals surface area contributed by atoms with Crippen LogP contribution in [-0.2, 0) is 0 Å². The third kappa shape index (κ3) is 3.62. The fraction of sp³-hybridized carbons (Fsp3) is 0.333. The van der Waals surface area contributed by atoms with Gasteiger partial charge in [0, 0.05) is 17.5 Å². The van der Waals surface area contributed by atoms with E-state index in [-0.39, 0.29) is 0 Å². The van der Waals surface area contributed by atoms with E-state index in [2.05, 4.69) is 55.6 Å². The van der Waals surface area contributed by atoms with E-state index < -0.39 is 0 Å². The minimum Gasteiger partial charge on any atom is -0.319 e. The Morgan fingerprint density at radius 2 is 1.30 bits per heavy atom. The van der Waals surface area contributed by atoms with Crippen LogP contribution in [0.15, 0.2) is 48.5 Å². The minimum atomic E-state index is 0.360. The number of hydrogen-bond acceptors (Lipinski definition) is 1. The average molecular weight is 288 g/mol. The number of hydrogen-bond donors (Lipinski definition) is 1. The SMILES string of the molecule is CNCC(c1ccc(Cl)cc1)c1ccc(C(C)C)cc1. The van der Waals surface area contributed by atoms with E-state index in [1.807, 2.05) is 19.2 Å². The van der Waals surface area contributed by atoms with Gasteiger partial charge in [-0.3, -0.25) is 0 Å². The Morgan fingerprint density at radius 1 is 0.850 bits per heavy atom. The first-order chi connectivity index (χ1) is 9.61. The molecule has 0 amide bonds. The van der Waals surface area contributed by atoms with E-state index >= 15 is 0 Å². The molecule has 1 atom stereocenters. The van der Waals surface area contributed by atoms with Crippen molar-refractivity contribution in [1.82, 2.24) is 5.32 Å². The summed E-state index contributed by atoms with van der Waals surface area (Å²) in [6, 6.07) is 17.1. The zero-order valence-electron chi connectivity index (χ0n) is 12.4. The van der Waals surface area contributed by atoms with E-state index in [4.69, 9.17) is 11.6 Å². The highest BCUT2D eigenvalue weighted by Gasteiger charge is 2.13. The molecule has 0 heterocycles. The number of nitrogens with one attached hydrogen (secondary N) is 1. The minimum absolute atomic E-state index is 0.360. The molecule has 0 aliphatic heterocycles. The maximum absolute atomic E-state index is 5.98. The van der Waals surface area contributed by atoms with Crippen LogP contribution in [0.25, 0.3) is 0 Å². The third-order valence-corrected chi connectivity index (χ3v) is 3.94. The predicted molar refractivity (Wildman–Crippen MR) is 87.8 cm³/mol. The molecule has 106 valence electrons. The summed E-state index contributed by atoms with van der Waals surface area (Å²) >= 11 is 5.98. The molecule has 2 rings (SSSR count). The van der Waals surface area contributed by atoms with Gasteiger partial charge in [0.2, 0.25) is 0 Å². The van der Waals surface area contributed by atoms with Crippen molar-refractivity contribution in [3.05, 3.63) is 70.2 Å². The maximum Gasteiger partial charge on any atom is 0.0406 e. The van der Waals surface area contributed by atoms with Crippen molar-refractivity contribution >= 4 is 11.6 Å². The Morgan fingerprint density at radius 3 is 1.75 bits per heavy atom. The van der Waals surface area contributed by atoms with Crippen LogP contribution in [0.4, 0.5) is 0 Å². The Balaban J connectivity index is 2.30. The molecule has 1 N–H and O–H groups in total. The quantitative estimate of drug-likeness (QED) is 0.832. The lowest BCUT2D eigenvalue weighted by Crippen LogP contribution is -2.18. The smallest absolute Gasteiger partial charge is 0.0406 e. The zero-order chi connectivity index (χ0) is 14.5. The van der Waals surface area contributed by atoms with Gasteiger partial charge in [-0.15, -0.1) is 0 Å². The first-order valence-corrected chi connectivity index (χ1v) is 7.49. The first kappa shape index (κ1) is 15.1. The van der Waals surface area contributed by atoms with Crippen LogP contribution in [0.3, 0.4) is 0 Å². The molecule has 2 heteroatoms. The Bertz CT molecular complexity index is 528. The van der Waals surface area contributed by atoms with Gasteiger partial charge in [-0.05, 0) is 41.8 Å². The normalized spacial score (nSPS) is 12.7. The second-order valence-electron chi connectivity index (χ2n) is 5.48. The summed E-state index contributed by atoms with van der Waals surface area (Å²) < 4.78 is 0. The molecule has 0 fully saturated rings. The molecule has 0 aliphatic carbocycles. The van der Waals surface area contributed by atoms with E-state index in [0.717, 1.165) is 11.6 Å². The lowest BCUT2D eigenvalue weighted by atomic mass is 9.89. The fourth-order valence-electron chi connectivity index (χ4n) is 2.44. The number of likely N-dealkylation sites (N-methyl/N-ethyl adjacent to an activating group) is 1. The van der Waals surface area contributed by atoms with Crippen molar-refractivity contribution in [1.29, 1.82) is 0 Å². The van der Waals surface area contributed by atoms with E-state index in [1.54, 1.807) is 0 Å². The van der Waals surface area contributed by atoms with Crippen LogP contribution < -0.4 is 5.32 Å². The van der Waals surface area contributed by atoms with Crippen LogP contribution in [0, 0.1) is 0 Å². The lowest BCUT2D eigenvalue weighted by Gasteiger charge is -2.18. The molecular formula is C18H22ClN. The van der Waals surface area contributed by atoms with Crippen LogP contribution in [0.5, 0.6) is 0 Å². The van der Waals surface area contributed by atoms with Gasteiger partial charge >= 0.3 is 0 Å². The third-order valence-electron chi connectivity index (χ3n) is 3.69. The summed E-state index contributed by atoms with van der Waals surface area (Å²) in [7, 11) is 1.99. The van der Waals surface area contributed by atoms with Gasteiger partial charge in [-0.2, -0.15) is 0 Å². The van der Waals surface area contributed by atoms with E-state index in [0.29, 0.717) is 11.8 Å². The highest BCUT2D eigenvalue weighted by molar-refractivity contribution is 6.30. The number of benzene rings is 2. The average Bonchev–Trinajstić information content (AvgIpc) is 2.46. The van der Waals surface area contributed by atoms with Gasteiger partial charge in [-0.1, -0.05) is 61.8 Å². The Kier molecular flexibility index (Phi) is 5.22. The number of rotatable bonds is 5. The van der Waals surface area contributed by atoms with E-state index in [1.165, 1.54) is 16.7 Å². The molecule has 0 radical (unpaired) electrons. The lowest BCUT2D eigenvalue weighted by molar-refractivity contribution is 0.707. The van der Waals surface area contributed by atoms with Gasteiger partial charge < -0.3 is 5.32 Å². The van der Waals surface area contributed by atoms with Gasteiger partial charge in [0.05, 0.1) is 0 Å². The second kappa shape index (κ2) is 6.92. The largest absolute Gasteiger partial charge is 0.319 e.